The minimum absolute atomic E-state index is 0.153. The molecule has 2 aliphatic rings. The van der Waals surface area contributed by atoms with Gasteiger partial charge < -0.3 is 5.32 Å². The molecule has 0 spiro atoms. The molecule has 0 saturated carbocycles. The second kappa shape index (κ2) is 4.99. The van der Waals surface area contributed by atoms with Crippen molar-refractivity contribution in [3.63, 3.8) is 0 Å². The zero-order valence-corrected chi connectivity index (χ0v) is 14.4. The number of urea groups is 2. The molecule has 0 aliphatic carbocycles. The van der Waals surface area contributed by atoms with Gasteiger partial charge in [0.15, 0.2) is 11.3 Å². The SMILES string of the molecule is CN1C(=O)N(C)C2(c3ccccc3)N(C)C(=O)NC12c1ccccc1. The molecule has 6 nitrogen and oxygen atoms in total. The van der Waals surface area contributed by atoms with Gasteiger partial charge >= 0.3 is 12.1 Å². The van der Waals surface area contributed by atoms with Crippen molar-refractivity contribution in [2.45, 2.75) is 11.3 Å². The Bertz CT molecular complexity index is 841. The lowest BCUT2D eigenvalue weighted by molar-refractivity contribution is -0.00880. The Morgan fingerprint density at radius 2 is 1.24 bits per heavy atom. The van der Waals surface area contributed by atoms with Crippen LogP contribution in [0.5, 0.6) is 0 Å². The molecule has 2 aromatic rings. The van der Waals surface area contributed by atoms with Crippen molar-refractivity contribution in [3.8, 4) is 0 Å². The van der Waals surface area contributed by atoms with E-state index in [0.717, 1.165) is 11.1 Å². The summed E-state index contributed by atoms with van der Waals surface area (Å²) >= 11 is 0. The fourth-order valence-corrected chi connectivity index (χ4v) is 4.42. The smallest absolute Gasteiger partial charge is 0.307 e. The number of carbonyl (C=O) groups excluding carboxylic acids is 2. The molecular weight excluding hydrogens is 316 g/mol. The molecule has 2 aliphatic heterocycles. The molecule has 2 atom stereocenters. The molecule has 0 radical (unpaired) electrons. The van der Waals surface area contributed by atoms with Crippen LogP contribution in [0, 0.1) is 0 Å². The number of likely N-dealkylation sites (N-methyl/N-ethyl adjacent to an activating group) is 3. The Kier molecular flexibility index (Phi) is 3.09. The van der Waals surface area contributed by atoms with Gasteiger partial charge in [0.2, 0.25) is 0 Å². The first-order chi connectivity index (χ1) is 12.0. The Morgan fingerprint density at radius 1 is 0.720 bits per heavy atom. The molecule has 0 aromatic heterocycles. The summed E-state index contributed by atoms with van der Waals surface area (Å²) in [6, 6.07) is 19.0. The standard InChI is InChI=1S/C19H20N4O2/c1-21-16(24)20-18(14-10-6-4-7-11-14)19(21,15-12-8-5-9-13-15)23(3)17(25)22(18)2/h4-13H,1-3H3,(H,20,24). The van der Waals surface area contributed by atoms with Crippen LogP contribution in [-0.4, -0.2) is 47.9 Å². The van der Waals surface area contributed by atoms with Gasteiger partial charge in [-0.2, -0.15) is 0 Å². The van der Waals surface area contributed by atoms with E-state index in [9.17, 15) is 9.59 Å². The molecule has 2 saturated heterocycles. The van der Waals surface area contributed by atoms with E-state index in [1.165, 1.54) is 0 Å². The van der Waals surface area contributed by atoms with E-state index in [1.807, 2.05) is 60.7 Å². The van der Waals surface area contributed by atoms with Crippen LogP contribution in [0.2, 0.25) is 0 Å². The lowest BCUT2D eigenvalue weighted by Gasteiger charge is -2.46. The van der Waals surface area contributed by atoms with Crippen LogP contribution in [0.4, 0.5) is 9.59 Å². The van der Waals surface area contributed by atoms with Crippen LogP contribution in [0.1, 0.15) is 11.1 Å². The topological polar surface area (TPSA) is 55.9 Å². The predicted molar refractivity (Wildman–Crippen MR) is 93.5 cm³/mol. The minimum atomic E-state index is -1.02. The van der Waals surface area contributed by atoms with Gasteiger partial charge in [0.1, 0.15) is 0 Å². The maximum atomic E-state index is 13.0. The van der Waals surface area contributed by atoms with Crippen molar-refractivity contribution >= 4 is 12.1 Å². The van der Waals surface area contributed by atoms with Gasteiger partial charge in [0.25, 0.3) is 0 Å². The zero-order valence-electron chi connectivity index (χ0n) is 14.4. The van der Waals surface area contributed by atoms with Crippen LogP contribution in [-0.2, 0) is 11.3 Å². The average Bonchev–Trinajstić information content (AvgIpc) is 2.99. The highest BCUT2D eigenvalue weighted by molar-refractivity contribution is 5.89. The normalized spacial score (nSPS) is 28.4. The summed E-state index contributed by atoms with van der Waals surface area (Å²) in [5.74, 6) is 0. The summed E-state index contributed by atoms with van der Waals surface area (Å²) in [5, 5.41) is 3.10. The Hall–Kier alpha value is -3.02. The van der Waals surface area contributed by atoms with Crippen LogP contribution in [0.25, 0.3) is 0 Å². The van der Waals surface area contributed by atoms with E-state index in [4.69, 9.17) is 0 Å². The average molecular weight is 336 g/mol. The van der Waals surface area contributed by atoms with Crippen molar-refractivity contribution in [1.29, 1.82) is 0 Å². The number of amides is 4. The van der Waals surface area contributed by atoms with Crippen molar-refractivity contribution in [3.05, 3.63) is 71.8 Å². The summed E-state index contributed by atoms with van der Waals surface area (Å²) in [6.07, 6.45) is 0. The molecule has 25 heavy (non-hydrogen) atoms. The molecule has 0 bridgehead atoms. The predicted octanol–water partition coefficient (Wildman–Crippen LogP) is 2.34. The minimum Gasteiger partial charge on any atom is -0.307 e. The van der Waals surface area contributed by atoms with Gasteiger partial charge in [-0.05, 0) is 0 Å². The molecule has 2 heterocycles. The molecule has 2 fully saturated rings. The Morgan fingerprint density at radius 3 is 1.80 bits per heavy atom. The molecule has 1 N–H and O–H groups in total. The summed E-state index contributed by atoms with van der Waals surface area (Å²) < 4.78 is 0. The molecule has 4 rings (SSSR count). The number of fused-ring (bicyclic) bond motifs is 1. The first-order valence-electron chi connectivity index (χ1n) is 8.16. The lowest BCUT2D eigenvalue weighted by atomic mass is 9.81. The summed E-state index contributed by atoms with van der Waals surface area (Å²) in [4.78, 5) is 30.7. The van der Waals surface area contributed by atoms with Gasteiger partial charge in [-0.1, -0.05) is 60.7 Å². The summed E-state index contributed by atoms with van der Waals surface area (Å²) in [7, 11) is 5.21. The fraction of sp³-hybridized carbons (Fsp3) is 0.263. The van der Waals surface area contributed by atoms with Crippen LogP contribution < -0.4 is 5.32 Å². The zero-order chi connectivity index (χ0) is 17.8. The van der Waals surface area contributed by atoms with Gasteiger partial charge in [0, 0.05) is 32.3 Å². The van der Waals surface area contributed by atoms with Gasteiger partial charge in [-0.15, -0.1) is 0 Å². The highest BCUT2D eigenvalue weighted by Crippen LogP contribution is 2.56. The Labute approximate surface area is 146 Å². The molecule has 2 unspecified atom stereocenters. The van der Waals surface area contributed by atoms with E-state index >= 15 is 0 Å². The third-order valence-electron chi connectivity index (χ3n) is 5.51. The van der Waals surface area contributed by atoms with Crippen LogP contribution >= 0.6 is 0 Å². The van der Waals surface area contributed by atoms with Gasteiger partial charge in [0.05, 0.1) is 0 Å². The highest BCUT2D eigenvalue weighted by atomic mass is 16.2. The maximum absolute atomic E-state index is 13.0. The van der Waals surface area contributed by atoms with E-state index in [2.05, 4.69) is 5.32 Å². The largest absolute Gasteiger partial charge is 0.324 e. The molecule has 128 valence electrons. The molecular formula is C19H20N4O2. The monoisotopic (exact) mass is 336 g/mol. The number of benzene rings is 2. The molecule has 4 amide bonds. The van der Waals surface area contributed by atoms with Crippen molar-refractivity contribution in [2.24, 2.45) is 0 Å². The molecule has 6 heteroatoms. The Balaban J connectivity index is 2.11. The number of rotatable bonds is 2. The summed E-state index contributed by atoms with van der Waals surface area (Å²) in [5.41, 5.74) is -0.275. The summed E-state index contributed by atoms with van der Waals surface area (Å²) in [6.45, 7) is 0. The third-order valence-corrected chi connectivity index (χ3v) is 5.51. The quantitative estimate of drug-likeness (QED) is 0.915. The van der Waals surface area contributed by atoms with E-state index < -0.39 is 11.3 Å². The number of nitrogens with zero attached hydrogens (tertiary/aromatic N) is 3. The number of hydrogen-bond acceptors (Lipinski definition) is 2. The van der Waals surface area contributed by atoms with E-state index in [0.29, 0.717) is 0 Å². The van der Waals surface area contributed by atoms with Crippen LogP contribution in [0.3, 0.4) is 0 Å². The lowest BCUT2D eigenvalue weighted by Crippen LogP contribution is -2.61. The fourth-order valence-electron chi connectivity index (χ4n) is 4.42. The first-order valence-corrected chi connectivity index (χ1v) is 8.16. The maximum Gasteiger partial charge on any atom is 0.324 e. The third kappa shape index (κ3) is 1.59. The second-order valence-electron chi connectivity index (χ2n) is 6.50. The second-order valence-corrected chi connectivity index (χ2v) is 6.50. The highest BCUT2D eigenvalue weighted by Gasteiger charge is 2.74. The van der Waals surface area contributed by atoms with Crippen molar-refractivity contribution < 1.29 is 9.59 Å². The number of carbonyl (C=O) groups is 2. The van der Waals surface area contributed by atoms with Gasteiger partial charge in [-0.3, -0.25) is 14.7 Å². The number of hydrogen-bond donors (Lipinski definition) is 1. The number of nitrogens with one attached hydrogen (secondary N) is 1. The van der Waals surface area contributed by atoms with Crippen LogP contribution in [0.15, 0.2) is 60.7 Å². The van der Waals surface area contributed by atoms with E-state index in [1.54, 1.807) is 35.8 Å². The van der Waals surface area contributed by atoms with Crippen molar-refractivity contribution in [2.75, 3.05) is 21.1 Å². The first kappa shape index (κ1) is 15.5. The van der Waals surface area contributed by atoms with Crippen molar-refractivity contribution in [1.82, 2.24) is 20.0 Å². The van der Waals surface area contributed by atoms with Gasteiger partial charge in [-0.25, -0.2) is 9.59 Å². The molecule has 2 aromatic carbocycles. The van der Waals surface area contributed by atoms with E-state index in [-0.39, 0.29) is 12.1 Å².